The van der Waals surface area contributed by atoms with Crippen LogP contribution in [-0.4, -0.2) is 76.8 Å². The summed E-state index contributed by atoms with van der Waals surface area (Å²) in [5.41, 5.74) is 1.04. The van der Waals surface area contributed by atoms with E-state index < -0.39 is 12.1 Å². The lowest BCUT2D eigenvalue weighted by molar-refractivity contribution is -0.192. The number of hydrogen-bond donors (Lipinski definition) is 1. The van der Waals surface area contributed by atoms with E-state index in [4.69, 9.17) is 14.6 Å². The molecule has 0 saturated carbocycles. The first kappa shape index (κ1) is 22.0. The number of aliphatic carboxylic acids is 1. The largest absolute Gasteiger partial charge is 0.490 e. The first-order valence-corrected chi connectivity index (χ1v) is 10.3. The van der Waals surface area contributed by atoms with Crippen LogP contribution in [-0.2, 0) is 20.9 Å². The highest BCUT2D eigenvalue weighted by Gasteiger charge is 2.47. The quantitative estimate of drug-likeness (QED) is 0.784. The maximum Gasteiger partial charge on any atom is 0.490 e. The Hall–Kier alpha value is -1.72. The molecule has 7 nitrogen and oxygen atoms in total. The van der Waals surface area contributed by atoms with Crippen molar-refractivity contribution in [2.24, 2.45) is 11.8 Å². The molecule has 2 atom stereocenters. The SMILES string of the molecule is Cc1nc(CN2C[C@@H]3CN(C4CCOCC4)C[C@@H]3C2=O)cs1.O=C(O)C(F)(F)F. The molecule has 1 aromatic heterocycles. The molecule has 4 rings (SSSR count). The fourth-order valence-corrected chi connectivity index (χ4v) is 4.75. The highest BCUT2D eigenvalue weighted by molar-refractivity contribution is 7.09. The van der Waals surface area contributed by atoms with Gasteiger partial charge in [-0.25, -0.2) is 9.78 Å². The van der Waals surface area contributed by atoms with Crippen molar-refractivity contribution in [3.05, 3.63) is 16.1 Å². The Morgan fingerprint density at radius 2 is 1.97 bits per heavy atom. The number of fused-ring (bicyclic) bond motifs is 1. The zero-order chi connectivity index (χ0) is 21.2. The number of halogens is 3. The van der Waals surface area contributed by atoms with Gasteiger partial charge in [-0.1, -0.05) is 0 Å². The van der Waals surface area contributed by atoms with Crippen molar-refractivity contribution in [1.29, 1.82) is 0 Å². The molecule has 0 aliphatic carbocycles. The van der Waals surface area contributed by atoms with Crippen molar-refractivity contribution in [3.63, 3.8) is 0 Å². The minimum atomic E-state index is -5.08. The predicted molar refractivity (Wildman–Crippen MR) is 98.4 cm³/mol. The molecule has 3 aliphatic rings. The van der Waals surface area contributed by atoms with Crippen molar-refractivity contribution in [2.75, 3.05) is 32.8 Å². The first-order valence-electron chi connectivity index (χ1n) is 9.47. The number of rotatable bonds is 3. The Bertz CT molecular complexity index is 736. The summed E-state index contributed by atoms with van der Waals surface area (Å²) >= 11 is 1.66. The summed E-state index contributed by atoms with van der Waals surface area (Å²) in [6.45, 7) is 7.38. The molecule has 11 heteroatoms. The molecular formula is C18H24F3N3O4S. The lowest BCUT2D eigenvalue weighted by Crippen LogP contribution is -2.40. The Morgan fingerprint density at radius 3 is 2.48 bits per heavy atom. The standard InChI is InChI=1S/C16H23N3O2S.C2HF3O2/c1-11-17-13(10-22-11)8-19-7-12-6-18(9-15(12)16(19)20)14-2-4-21-5-3-14;3-2(4,5)1(6)7/h10,12,14-15H,2-9H2,1H3;(H,6,7)/t12-,15-;/m0./s1. The number of aromatic nitrogens is 1. The number of amides is 1. The maximum absolute atomic E-state index is 12.7. The number of aryl methyl sites for hydroxylation is 1. The van der Waals surface area contributed by atoms with Crippen molar-refractivity contribution < 1.29 is 32.6 Å². The van der Waals surface area contributed by atoms with Crippen molar-refractivity contribution in [1.82, 2.24) is 14.8 Å². The number of carbonyl (C=O) groups is 2. The van der Waals surface area contributed by atoms with Gasteiger partial charge in [-0.3, -0.25) is 9.69 Å². The second-order valence-corrected chi connectivity index (χ2v) is 8.61. The van der Waals surface area contributed by atoms with E-state index in [-0.39, 0.29) is 5.92 Å². The number of carboxylic acids is 1. The maximum atomic E-state index is 12.7. The lowest BCUT2D eigenvalue weighted by atomic mass is 10.0. The summed E-state index contributed by atoms with van der Waals surface area (Å²) < 4.78 is 37.2. The van der Waals surface area contributed by atoms with Gasteiger partial charge >= 0.3 is 12.1 Å². The Labute approximate surface area is 170 Å². The molecule has 0 spiro atoms. The third-order valence-electron chi connectivity index (χ3n) is 5.52. The van der Waals surface area contributed by atoms with Gasteiger partial charge in [0, 0.05) is 50.2 Å². The summed E-state index contributed by atoms with van der Waals surface area (Å²) in [6.07, 6.45) is -2.84. The third-order valence-corrected chi connectivity index (χ3v) is 6.34. The van der Waals surface area contributed by atoms with Gasteiger partial charge in [-0.05, 0) is 19.8 Å². The minimum absolute atomic E-state index is 0.211. The first-order chi connectivity index (χ1) is 13.6. The minimum Gasteiger partial charge on any atom is -0.475 e. The van der Waals surface area contributed by atoms with E-state index in [9.17, 15) is 18.0 Å². The monoisotopic (exact) mass is 435 g/mol. The summed E-state index contributed by atoms with van der Waals surface area (Å²) in [6, 6.07) is 0.627. The van der Waals surface area contributed by atoms with E-state index in [2.05, 4.69) is 15.3 Å². The van der Waals surface area contributed by atoms with Gasteiger partial charge in [-0.15, -0.1) is 11.3 Å². The van der Waals surface area contributed by atoms with Crippen LogP contribution >= 0.6 is 11.3 Å². The molecule has 0 aromatic carbocycles. The molecule has 4 heterocycles. The van der Waals surface area contributed by atoms with E-state index in [0.717, 1.165) is 56.4 Å². The number of ether oxygens (including phenoxy) is 1. The molecule has 1 aromatic rings. The molecule has 29 heavy (non-hydrogen) atoms. The summed E-state index contributed by atoms with van der Waals surface area (Å²) in [5.74, 6) is -1.70. The number of hydrogen-bond acceptors (Lipinski definition) is 6. The van der Waals surface area contributed by atoms with Gasteiger partial charge in [0.05, 0.1) is 23.2 Å². The zero-order valence-electron chi connectivity index (χ0n) is 16.0. The fourth-order valence-electron chi connectivity index (χ4n) is 4.14. The Kier molecular flexibility index (Phi) is 6.79. The lowest BCUT2D eigenvalue weighted by Gasteiger charge is -2.32. The smallest absolute Gasteiger partial charge is 0.475 e. The van der Waals surface area contributed by atoms with Crippen LogP contribution in [0.3, 0.4) is 0 Å². The molecule has 3 aliphatic heterocycles. The molecule has 1 amide bonds. The van der Waals surface area contributed by atoms with E-state index >= 15 is 0 Å². The number of alkyl halides is 3. The van der Waals surface area contributed by atoms with E-state index in [0.29, 0.717) is 24.4 Å². The summed E-state index contributed by atoms with van der Waals surface area (Å²) in [4.78, 5) is 30.6. The van der Waals surface area contributed by atoms with Gasteiger partial charge in [0.25, 0.3) is 0 Å². The highest BCUT2D eigenvalue weighted by Crippen LogP contribution is 2.35. The van der Waals surface area contributed by atoms with Crippen molar-refractivity contribution >= 4 is 23.2 Å². The highest BCUT2D eigenvalue weighted by atomic mass is 32.1. The number of carboxylic acid groups (broad SMARTS) is 1. The Morgan fingerprint density at radius 1 is 1.31 bits per heavy atom. The van der Waals surface area contributed by atoms with Crippen LogP contribution in [0.2, 0.25) is 0 Å². The molecule has 3 saturated heterocycles. The molecule has 0 bridgehead atoms. The van der Waals surface area contributed by atoms with Crippen LogP contribution in [0, 0.1) is 18.8 Å². The number of thiazole rings is 1. The van der Waals surface area contributed by atoms with Crippen LogP contribution in [0.5, 0.6) is 0 Å². The number of carbonyl (C=O) groups excluding carboxylic acids is 1. The molecule has 162 valence electrons. The summed E-state index contributed by atoms with van der Waals surface area (Å²) in [7, 11) is 0. The van der Waals surface area contributed by atoms with Crippen LogP contribution in [0.15, 0.2) is 5.38 Å². The zero-order valence-corrected chi connectivity index (χ0v) is 16.8. The second-order valence-electron chi connectivity index (χ2n) is 7.54. The van der Waals surface area contributed by atoms with E-state index in [1.54, 1.807) is 11.3 Å². The van der Waals surface area contributed by atoms with Gasteiger partial charge in [0.15, 0.2) is 0 Å². The number of likely N-dealkylation sites (tertiary alicyclic amines) is 2. The molecule has 0 radical (unpaired) electrons. The average Bonchev–Trinajstić information content (AvgIpc) is 3.33. The molecule has 0 unspecified atom stereocenters. The van der Waals surface area contributed by atoms with Crippen LogP contribution in [0.25, 0.3) is 0 Å². The van der Waals surface area contributed by atoms with Crippen LogP contribution in [0.1, 0.15) is 23.5 Å². The summed E-state index contributed by atoms with van der Waals surface area (Å²) in [5, 5.41) is 10.3. The molecular weight excluding hydrogens is 411 g/mol. The molecule has 1 N–H and O–H groups in total. The van der Waals surface area contributed by atoms with Crippen LogP contribution in [0.4, 0.5) is 13.2 Å². The van der Waals surface area contributed by atoms with E-state index in [1.807, 2.05) is 11.8 Å². The fraction of sp³-hybridized carbons (Fsp3) is 0.722. The van der Waals surface area contributed by atoms with Gasteiger partial charge < -0.3 is 14.7 Å². The van der Waals surface area contributed by atoms with Crippen LogP contribution < -0.4 is 0 Å². The average molecular weight is 435 g/mol. The van der Waals surface area contributed by atoms with Crippen molar-refractivity contribution in [2.45, 2.75) is 38.5 Å². The van der Waals surface area contributed by atoms with Gasteiger partial charge in [0.1, 0.15) is 0 Å². The number of nitrogens with zero attached hydrogens (tertiary/aromatic N) is 3. The normalized spacial score (nSPS) is 25.7. The van der Waals surface area contributed by atoms with Gasteiger partial charge in [0.2, 0.25) is 5.91 Å². The van der Waals surface area contributed by atoms with E-state index in [1.165, 1.54) is 0 Å². The van der Waals surface area contributed by atoms with Gasteiger partial charge in [-0.2, -0.15) is 13.2 Å². The second kappa shape index (κ2) is 8.97. The topological polar surface area (TPSA) is 83.0 Å². The molecule has 3 fully saturated rings. The van der Waals surface area contributed by atoms with Crippen molar-refractivity contribution in [3.8, 4) is 0 Å². The third kappa shape index (κ3) is 5.46. The predicted octanol–water partition coefficient (Wildman–Crippen LogP) is 2.15. The Balaban J connectivity index is 0.000000298.